The monoisotopic (exact) mass is 344 g/mol. The molecule has 0 atom stereocenters. The van der Waals surface area contributed by atoms with Crippen LogP contribution in [-0.2, 0) is 9.59 Å². The Hall–Kier alpha value is 0.480. The topological polar surface area (TPSA) is 74.6 Å². The fraction of sp³-hybridized carbons (Fsp3) is 0.500. The molecule has 0 radical (unpaired) electrons. The molecule has 8 heteroatoms. The van der Waals surface area contributed by atoms with Gasteiger partial charge >= 0.3 is 11.9 Å². The Morgan fingerprint density at radius 1 is 1.08 bits per heavy atom. The van der Waals surface area contributed by atoms with Gasteiger partial charge in [0.15, 0.2) is 3.74 Å². The second-order valence-electron chi connectivity index (χ2n) is 1.28. The Morgan fingerprint density at radius 2 is 1.25 bits per heavy atom. The Labute approximate surface area is 95.1 Å². The Balaban J connectivity index is 0. The molecule has 0 amide bonds. The molecule has 0 rings (SSSR count). The SMILES string of the molecule is O=C(O)C(Br)Br.O=C(O)C(Cl)Cl. The van der Waals surface area contributed by atoms with Crippen LogP contribution in [0.3, 0.4) is 0 Å². The highest BCUT2D eigenvalue weighted by Crippen LogP contribution is 2.05. The van der Waals surface area contributed by atoms with Gasteiger partial charge in [0.2, 0.25) is 4.84 Å². The van der Waals surface area contributed by atoms with E-state index >= 15 is 0 Å². The molecule has 0 saturated heterocycles. The van der Waals surface area contributed by atoms with Gasteiger partial charge < -0.3 is 10.2 Å². The first-order chi connectivity index (χ1) is 5.29. The van der Waals surface area contributed by atoms with Gasteiger partial charge in [-0.25, -0.2) is 4.79 Å². The van der Waals surface area contributed by atoms with Crippen LogP contribution in [0.4, 0.5) is 0 Å². The van der Waals surface area contributed by atoms with Gasteiger partial charge in [-0.05, 0) is 0 Å². The average molecular weight is 347 g/mol. The number of hydrogen-bond acceptors (Lipinski definition) is 2. The number of hydrogen-bond donors (Lipinski definition) is 2. The lowest BCUT2D eigenvalue weighted by Crippen LogP contribution is -2.03. The van der Waals surface area contributed by atoms with Crippen molar-refractivity contribution in [3.05, 3.63) is 0 Å². The van der Waals surface area contributed by atoms with Crippen molar-refractivity contribution in [2.24, 2.45) is 0 Å². The third-order valence-electron chi connectivity index (χ3n) is 0.373. The summed E-state index contributed by atoms with van der Waals surface area (Å²) in [6, 6.07) is 0. The van der Waals surface area contributed by atoms with Crippen LogP contribution < -0.4 is 0 Å². The maximum atomic E-state index is 9.61. The van der Waals surface area contributed by atoms with E-state index in [0.717, 1.165) is 0 Å². The highest BCUT2D eigenvalue weighted by Gasteiger charge is 2.05. The Kier molecular flexibility index (Phi) is 10.1. The van der Waals surface area contributed by atoms with Crippen molar-refractivity contribution in [3.8, 4) is 0 Å². The molecule has 0 spiro atoms. The fourth-order valence-electron chi connectivity index (χ4n) is 0. The maximum absolute atomic E-state index is 9.61. The summed E-state index contributed by atoms with van der Waals surface area (Å²) in [5, 5.41) is 15.6. The number of rotatable bonds is 2. The van der Waals surface area contributed by atoms with Crippen molar-refractivity contribution in [3.63, 3.8) is 0 Å². The molecule has 72 valence electrons. The molecule has 0 saturated carbocycles. The van der Waals surface area contributed by atoms with Gasteiger partial charge in [0.25, 0.3) is 0 Å². The van der Waals surface area contributed by atoms with Crippen LogP contribution in [0, 0.1) is 0 Å². The van der Waals surface area contributed by atoms with Crippen molar-refractivity contribution < 1.29 is 19.8 Å². The van der Waals surface area contributed by atoms with Crippen LogP contribution in [0.25, 0.3) is 0 Å². The van der Waals surface area contributed by atoms with E-state index in [4.69, 9.17) is 33.4 Å². The number of halogens is 4. The van der Waals surface area contributed by atoms with Gasteiger partial charge in [0, 0.05) is 0 Å². The molecule has 2 N–H and O–H groups in total. The van der Waals surface area contributed by atoms with Crippen LogP contribution in [0.5, 0.6) is 0 Å². The number of alkyl halides is 4. The van der Waals surface area contributed by atoms with E-state index < -0.39 is 20.5 Å². The summed E-state index contributed by atoms with van der Waals surface area (Å²) >= 11 is 15.1. The van der Waals surface area contributed by atoms with E-state index in [1.165, 1.54) is 0 Å². The Bertz CT molecular complexity index is 143. The molecule has 0 aromatic heterocycles. The first-order valence-corrected chi connectivity index (χ1v) is 5.01. The zero-order valence-electron chi connectivity index (χ0n) is 5.38. The summed E-state index contributed by atoms with van der Waals surface area (Å²) in [6.45, 7) is 0. The van der Waals surface area contributed by atoms with Crippen molar-refractivity contribution in [2.75, 3.05) is 0 Å². The average Bonchev–Trinajstić information content (AvgIpc) is 1.88. The summed E-state index contributed by atoms with van der Waals surface area (Å²) in [4.78, 5) is 17.8. The smallest absolute Gasteiger partial charge is 0.337 e. The van der Waals surface area contributed by atoms with E-state index in [1.807, 2.05) is 0 Å². The van der Waals surface area contributed by atoms with E-state index in [1.54, 1.807) is 0 Å². The lowest BCUT2D eigenvalue weighted by atomic mass is 10.8. The van der Waals surface area contributed by atoms with Gasteiger partial charge in [-0.15, -0.1) is 0 Å². The molecule has 0 fully saturated rings. The standard InChI is InChI=1S/C2H2Br2O2.C2H2Cl2O2/c2*3-1(4)2(5)6/h2*1H,(H,5,6). The fourth-order valence-corrected chi connectivity index (χ4v) is 0. The van der Waals surface area contributed by atoms with Gasteiger partial charge in [0.1, 0.15) is 0 Å². The molecule has 0 unspecified atom stereocenters. The summed E-state index contributed by atoms with van der Waals surface area (Å²) in [7, 11) is 0. The second kappa shape index (κ2) is 8.10. The second-order valence-corrected chi connectivity index (χ2v) is 5.43. The number of aliphatic carboxylic acids is 2. The van der Waals surface area contributed by atoms with Gasteiger partial charge in [-0.3, -0.25) is 4.79 Å². The largest absolute Gasteiger partial charge is 0.480 e. The van der Waals surface area contributed by atoms with E-state index in [0.29, 0.717) is 0 Å². The molecule has 0 aliphatic heterocycles. The van der Waals surface area contributed by atoms with Gasteiger partial charge in [-0.1, -0.05) is 55.1 Å². The number of carboxylic acids is 2. The predicted octanol–water partition coefficient (Wildman–Crippen LogP) is 2.06. The van der Waals surface area contributed by atoms with Crippen molar-refractivity contribution in [1.29, 1.82) is 0 Å². The van der Waals surface area contributed by atoms with Crippen molar-refractivity contribution in [1.82, 2.24) is 0 Å². The van der Waals surface area contributed by atoms with Crippen molar-refractivity contribution >= 4 is 67.0 Å². The third-order valence-corrected chi connectivity index (χ3v) is 1.53. The lowest BCUT2D eigenvalue weighted by molar-refractivity contribution is -0.135. The summed E-state index contributed by atoms with van der Waals surface area (Å²) < 4.78 is -0.606. The predicted molar refractivity (Wildman–Crippen MR) is 52.4 cm³/mol. The van der Waals surface area contributed by atoms with Crippen LogP contribution in [0.1, 0.15) is 0 Å². The lowest BCUT2D eigenvalue weighted by Gasteiger charge is -1.84. The molecule has 0 bridgehead atoms. The molecular weight excluding hydrogens is 343 g/mol. The minimum Gasteiger partial charge on any atom is -0.480 e. The third kappa shape index (κ3) is 13.1. The van der Waals surface area contributed by atoms with Gasteiger partial charge in [0.05, 0.1) is 0 Å². The first-order valence-electron chi connectivity index (χ1n) is 2.31. The molecule has 0 aromatic rings. The maximum Gasteiger partial charge on any atom is 0.337 e. The van der Waals surface area contributed by atoms with E-state index in [2.05, 4.69) is 31.9 Å². The van der Waals surface area contributed by atoms with Crippen LogP contribution in [-0.4, -0.2) is 30.7 Å². The summed E-state index contributed by atoms with van der Waals surface area (Å²) in [5.41, 5.74) is 0. The molecule has 4 nitrogen and oxygen atoms in total. The molecule has 0 aliphatic carbocycles. The van der Waals surface area contributed by atoms with Gasteiger partial charge in [-0.2, -0.15) is 0 Å². The quantitative estimate of drug-likeness (QED) is 0.751. The Morgan fingerprint density at radius 3 is 1.25 bits per heavy atom. The van der Waals surface area contributed by atoms with Crippen LogP contribution >= 0.6 is 55.1 Å². The molecule has 0 aromatic carbocycles. The molecular formula is C4H4Br2Cl2O4. The normalized spacial score (nSPS) is 9.17. The highest BCUT2D eigenvalue weighted by molar-refractivity contribution is 9.25. The zero-order chi connectivity index (χ0) is 10.3. The first kappa shape index (κ1) is 15.0. The summed E-state index contributed by atoms with van der Waals surface area (Å²) in [6.07, 6.45) is 0. The van der Waals surface area contributed by atoms with Crippen LogP contribution in [0.2, 0.25) is 0 Å². The zero-order valence-corrected chi connectivity index (χ0v) is 10.1. The minimum atomic E-state index is -1.29. The summed E-state index contributed by atoms with van der Waals surface area (Å²) in [5.74, 6) is -2.12. The van der Waals surface area contributed by atoms with Crippen LogP contribution in [0.15, 0.2) is 0 Å². The molecule has 12 heavy (non-hydrogen) atoms. The number of carboxylic acid groups (broad SMARTS) is 2. The molecule has 0 heterocycles. The molecule has 0 aliphatic rings. The number of carbonyl (C=O) groups is 2. The van der Waals surface area contributed by atoms with E-state index in [9.17, 15) is 9.59 Å². The van der Waals surface area contributed by atoms with Crippen molar-refractivity contribution in [2.45, 2.75) is 8.57 Å². The minimum absolute atomic E-state index is 0.606. The van der Waals surface area contributed by atoms with E-state index in [-0.39, 0.29) is 0 Å². The highest BCUT2D eigenvalue weighted by atomic mass is 79.9.